The molecule has 2 aromatic rings. The third kappa shape index (κ3) is 6.74. The number of carbonyl (C=O) groups is 2. The summed E-state index contributed by atoms with van der Waals surface area (Å²) in [5, 5.41) is 0. The summed E-state index contributed by atoms with van der Waals surface area (Å²) in [6.45, 7) is 6.87. The summed E-state index contributed by atoms with van der Waals surface area (Å²) in [5.74, 6) is 1.67. The average Bonchev–Trinajstić information content (AvgIpc) is 2.81. The van der Waals surface area contributed by atoms with Crippen LogP contribution in [-0.4, -0.2) is 61.0 Å². The molecule has 3 rings (SSSR count). The molecule has 0 atom stereocenters. The topological polar surface area (TPSA) is 59.1 Å². The van der Waals surface area contributed by atoms with Gasteiger partial charge >= 0.3 is 0 Å². The van der Waals surface area contributed by atoms with Gasteiger partial charge in [-0.1, -0.05) is 42.8 Å². The van der Waals surface area contributed by atoms with E-state index in [4.69, 9.17) is 9.47 Å². The second-order valence-corrected chi connectivity index (χ2v) is 7.78. The van der Waals surface area contributed by atoms with Gasteiger partial charge in [0.15, 0.2) is 6.61 Å². The highest BCUT2D eigenvalue weighted by Gasteiger charge is 2.24. The summed E-state index contributed by atoms with van der Waals surface area (Å²) in [5.41, 5.74) is 2.29. The van der Waals surface area contributed by atoms with Gasteiger partial charge in [0.05, 0.1) is 6.61 Å². The van der Waals surface area contributed by atoms with Crippen LogP contribution in [0.4, 0.5) is 0 Å². The van der Waals surface area contributed by atoms with E-state index >= 15 is 0 Å². The summed E-state index contributed by atoms with van der Waals surface area (Å²) in [6, 6.07) is 15.7. The van der Waals surface area contributed by atoms with Crippen LogP contribution in [0.3, 0.4) is 0 Å². The molecule has 166 valence electrons. The van der Waals surface area contributed by atoms with E-state index in [2.05, 4.69) is 6.92 Å². The number of carbonyl (C=O) groups excluding carboxylic acids is 2. The zero-order valence-electron chi connectivity index (χ0n) is 18.5. The fourth-order valence-corrected chi connectivity index (χ4v) is 3.58. The van der Waals surface area contributed by atoms with E-state index in [9.17, 15) is 9.59 Å². The maximum absolute atomic E-state index is 12.5. The van der Waals surface area contributed by atoms with E-state index in [1.54, 1.807) is 4.90 Å². The highest BCUT2D eigenvalue weighted by atomic mass is 16.5. The molecule has 1 fully saturated rings. The van der Waals surface area contributed by atoms with Crippen molar-refractivity contribution < 1.29 is 19.1 Å². The number of benzene rings is 2. The number of para-hydroxylation sites is 1. The Balaban J connectivity index is 1.34. The van der Waals surface area contributed by atoms with Crippen LogP contribution in [0.2, 0.25) is 0 Å². The average molecular weight is 425 g/mol. The molecule has 0 bridgehead atoms. The number of nitrogens with zero attached hydrogens (tertiary/aromatic N) is 2. The number of piperazine rings is 1. The first-order chi connectivity index (χ1) is 15.1. The molecule has 0 aromatic heterocycles. The monoisotopic (exact) mass is 424 g/mol. The third-order valence-electron chi connectivity index (χ3n) is 5.51. The summed E-state index contributed by atoms with van der Waals surface area (Å²) in [7, 11) is 0. The van der Waals surface area contributed by atoms with Crippen molar-refractivity contribution in [2.45, 2.75) is 33.1 Å². The Kier molecular flexibility index (Phi) is 8.33. The Morgan fingerprint density at radius 3 is 2.19 bits per heavy atom. The zero-order chi connectivity index (χ0) is 22.1. The molecular formula is C25H32N2O4. The van der Waals surface area contributed by atoms with Gasteiger partial charge in [0.25, 0.3) is 5.91 Å². The summed E-state index contributed by atoms with van der Waals surface area (Å²) >= 11 is 0. The molecule has 1 heterocycles. The number of hydrogen-bond donors (Lipinski definition) is 0. The lowest BCUT2D eigenvalue weighted by atomic mass is 10.1. The van der Waals surface area contributed by atoms with Gasteiger partial charge in [0.2, 0.25) is 5.91 Å². The molecule has 0 N–H and O–H groups in total. The lowest BCUT2D eigenvalue weighted by molar-refractivity contribution is -0.140. The summed E-state index contributed by atoms with van der Waals surface area (Å²) in [4.78, 5) is 28.6. The summed E-state index contributed by atoms with van der Waals surface area (Å²) in [6.07, 6.45) is 1.99. The van der Waals surface area contributed by atoms with Crippen molar-refractivity contribution in [1.29, 1.82) is 0 Å². The van der Waals surface area contributed by atoms with E-state index in [0.29, 0.717) is 45.6 Å². The van der Waals surface area contributed by atoms with E-state index in [1.807, 2.05) is 60.4 Å². The Morgan fingerprint density at radius 2 is 1.52 bits per heavy atom. The van der Waals surface area contributed by atoms with Crippen LogP contribution in [0.15, 0.2) is 48.5 Å². The molecule has 0 saturated carbocycles. The molecule has 31 heavy (non-hydrogen) atoms. The molecular weight excluding hydrogens is 392 g/mol. The molecule has 0 radical (unpaired) electrons. The van der Waals surface area contributed by atoms with Crippen molar-refractivity contribution in [3.63, 3.8) is 0 Å². The van der Waals surface area contributed by atoms with Gasteiger partial charge in [-0.3, -0.25) is 9.59 Å². The Labute approximate surface area is 184 Å². The summed E-state index contributed by atoms with van der Waals surface area (Å²) < 4.78 is 11.4. The van der Waals surface area contributed by atoms with Gasteiger partial charge in [-0.25, -0.2) is 0 Å². The van der Waals surface area contributed by atoms with Crippen LogP contribution in [0.1, 0.15) is 30.9 Å². The van der Waals surface area contributed by atoms with Gasteiger partial charge in [0, 0.05) is 32.6 Å². The van der Waals surface area contributed by atoms with Gasteiger partial charge < -0.3 is 19.3 Å². The van der Waals surface area contributed by atoms with Crippen LogP contribution >= 0.6 is 0 Å². The minimum atomic E-state index is -0.0375. The van der Waals surface area contributed by atoms with Crippen molar-refractivity contribution in [1.82, 2.24) is 9.80 Å². The predicted octanol–water partition coefficient (Wildman–Crippen LogP) is 3.47. The smallest absolute Gasteiger partial charge is 0.260 e. The fraction of sp³-hybridized carbons (Fsp3) is 0.440. The molecule has 6 nitrogen and oxygen atoms in total. The molecule has 0 aliphatic carbocycles. The maximum atomic E-state index is 12.5. The van der Waals surface area contributed by atoms with Crippen molar-refractivity contribution in [3.05, 3.63) is 59.7 Å². The Bertz CT molecular complexity index is 858. The van der Waals surface area contributed by atoms with Crippen LogP contribution in [0.25, 0.3) is 0 Å². The van der Waals surface area contributed by atoms with Crippen LogP contribution in [0, 0.1) is 6.92 Å². The maximum Gasteiger partial charge on any atom is 0.260 e. The third-order valence-corrected chi connectivity index (χ3v) is 5.51. The molecule has 0 spiro atoms. The van der Waals surface area contributed by atoms with Crippen molar-refractivity contribution in [2.75, 3.05) is 39.4 Å². The molecule has 2 amide bonds. The van der Waals surface area contributed by atoms with Gasteiger partial charge in [-0.05, 0) is 43.5 Å². The zero-order valence-corrected chi connectivity index (χ0v) is 18.5. The largest absolute Gasteiger partial charge is 0.494 e. The SMILES string of the molecule is CCc1ccccc1OCC(=O)N1CCN(C(=O)CCCOc2ccc(C)cc2)CC1. The Morgan fingerprint density at radius 1 is 0.871 bits per heavy atom. The minimum absolute atomic E-state index is 0.0291. The first-order valence-electron chi connectivity index (χ1n) is 11.0. The molecule has 1 saturated heterocycles. The van der Waals surface area contributed by atoms with Crippen molar-refractivity contribution >= 4 is 11.8 Å². The lowest BCUT2D eigenvalue weighted by Gasteiger charge is -2.34. The second kappa shape index (κ2) is 11.4. The Hall–Kier alpha value is -3.02. The van der Waals surface area contributed by atoms with Gasteiger partial charge in [-0.2, -0.15) is 0 Å². The molecule has 2 aromatic carbocycles. The van der Waals surface area contributed by atoms with E-state index in [0.717, 1.165) is 23.5 Å². The van der Waals surface area contributed by atoms with Gasteiger partial charge in [-0.15, -0.1) is 0 Å². The minimum Gasteiger partial charge on any atom is -0.494 e. The van der Waals surface area contributed by atoms with Gasteiger partial charge in [0.1, 0.15) is 11.5 Å². The second-order valence-electron chi connectivity index (χ2n) is 7.78. The fourth-order valence-electron chi connectivity index (χ4n) is 3.58. The number of ether oxygens (including phenoxy) is 2. The van der Waals surface area contributed by atoms with E-state index < -0.39 is 0 Å². The number of hydrogen-bond acceptors (Lipinski definition) is 4. The highest BCUT2D eigenvalue weighted by Crippen LogP contribution is 2.18. The van der Waals surface area contributed by atoms with E-state index in [-0.39, 0.29) is 18.4 Å². The van der Waals surface area contributed by atoms with Crippen molar-refractivity contribution in [2.24, 2.45) is 0 Å². The van der Waals surface area contributed by atoms with Crippen LogP contribution in [-0.2, 0) is 16.0 Å². The quantitative estimate of drug-likeness (QED) is 0.579. The van der Waals surface area contributed by atoms with E-state index in [1.165, 1.54) is 5.56 Å². The standard InChI is InChI=1S/C25H32N2O4/c1-3-21-7-4-5-8-23(21)31-19-25(29)27-16-14-26(15-17-27)24(28)9-6-18-30-22-12-10-20(2)11-13-22/h4-5,7-8,10-13H,3,6,9,14-19H2,1-2H3. The first kappa shape index (κ1) is 22.7. The molecule has 0 unspecified atom stereocenters. The molecule has 1 aliphatic rings. The normalized spacial score (nSPS) is 13.7. The first-order valence-corrected chi connectivity index (χ1v) is 11.0. The highest BCUT2D eigenvalue weighted by molar-refractivity contribution is 5.79. The van der Waals surface area contributed by atoms with Crippen LogP contribution < -0.4 is 9.47 Å². The number of rotatable bonds is 9. The number of aryl methyl sites for hydroxylation is 2. The lowest BCUT2D eigenvalue weighted by Crippen LogP contribution is -2.51. The number of amides is 2. The predicted molar refractivity (Wildman–Crippen MR) is 120 cm³/mol. The van der Waals surface area contributed by atoms with Crippen molar-refractivity contribution in [3.8, 4) is 11.5 Å². The van der Waals surface area contributed by atoms with Crippen LogP contribution in [0.5, 0.6) is 11.5 Å². The molecule has 6 heteroatoms. The molecule has 1 aliphatic heterocycles.